The van der Waals surface area contributed by atoms with Crippen LogP contribution < -0.4 is 11.1 Å². The summed E-state index contributed by atoms with van der Waals surface area (Å²) in [6, 6.07) is 2.78. The van der Waals surface area contributed by atoms with E-state index in [0.29, 0.717) is 5.56 Å². The fourth-order valence-electron chi connectivity index (χ4n) is 1.85. The van der Waals surface area contributed by atoms with Crippen LogP contribution in [0.15, 0.2) is 24.3 Å². The maximum atomic E-state index is 12.5. The highest BCUT2D eigenvalue weighted by Crippen LogP contribution is 2.29. The summed E-state index contributed by atoms with van der Waals surface area (Å²) >= 11 is 0. The van der Waals surface area contributed by atoms with Gasteiger partial charge in [0.25, 0.3) is 0 Å². The summed E-state index contributed by atoms with van der Waals surface area (Å²) in [6.45, 7) is 1.70. The van der Waals surface area contributed by atoms with Crippen molar-refractivity contribution in [2.45, 2.75) is 32.0 Å². The maximum absolute atomic E-state index is 12.5. The summed E-state index contributed by atoms with van der Waals surface area (Å²) in [5, 5.41) is 2.26. The van der Waals surface area contributed by atoms with E-state index < -0.39 is 42.0 Å². The van der Waals surface area contributed by atoms with E-state index >= 15 is 0 Å². The molecule has 0 aromatic heterocycles. The minimum Gasteiger partial charge on any atom is -0.466 e. The number of nitrogens with two attached hydrogens (primary N) is 1. The smallest absolute Gasteiger partial charge is 0.416 e. The average Bonchev–Trinajstić information content (AvgIpc) is 2.46. The Morgan fingerprint density at radius 1 is 1.21 bits per heavy atom. The predicted octanol–water partition coefficient (Wildman–Crippen LogP) is 1.17. The number of alkyl halides is 3. The summed E-state index contributed by atoms with van der Waals surface area (Å²) in [5.74, 6) is -2.26. The van der Waals surface area contributed by atoms with Gasteiger partial charge in [-0.2, -0.15) is 13.2 Å². The zero-order valence-corrected chi connectivity index (χ0v) is 12.9. The van der Waals surface area contributed by atoms with E-state index in [-0.39, 0.29) is 13.0 Å². The van der Waals surface area contributed by atoms with Crippen LogP contribution in [-0.2, 0) is 31.7 Å². The van der Waals surface area contributed by atoms with Crippen molar-refractivity contribution < 1.29 is 32.3 Å². The third kappa shape index (κ3) is 6.27. The average molecular weight is 346 g/mol. The largest absolute Gasteiger partial charge is 0.466 e. The van der Waals surface area contributed by atoms with Gasteiger partial charge in [-0.25, -0.2) is 0 Å². The first-order valence-corrected chi connectivity index (χ1v) is 7.04. The van der Waals surface area contributed by atoms with Crippen LogP contribution in [0.1, 0.15) is 24.5 Å². The fourth-order valence-corrected chi connectivity index (χ4v) is 1.85. The minimum absolute atomic E-state index is 0.115. The lowest BCUT2D eigenvalue weighted by Gasteiger charge is -2.15. The van der Waals surface area contributed by atoms with Crippen LogP contribution >= 0.6 is 0 Å². The molecule has 0 radical (unpaired) electrons. The molecule has 0 saturated carbocycles. The third-order valence-electron chi connectivity index (χ3n) is 3.00. The quantitative estimate of drug-likeness (QED) is 0.724. The van der Waals surface area contributed by atoms with Crippen LogP contribution in [0.25, 0.3) is 0 Å². The van der Waals surface area contributed by atoms with Crippen molar-refractivity contribution in [3.05, 3.63) is 35.4 Å². The third-order valence-corrected chi connectivity index (χ3v) is 3.00. The topological polar surface area (TPSA) is 98.5 Å². The van der Waals surface area contributed by atoms with E-state index in [0.717, 1.165) is 24.3 Å². The lowest BCUT2D eigenvalue weighted by Crippen LogP contribution is -2.46. The molecule has 0 bridgehead atoms. The fraction of sp³-hybridized carbons (Fsp3) is 0.400. The summed E-state index contributed by atoms with van der Waals surface area (Å²) in [5.41, 5.74) is 4.59. The Balaban J connectivity index is 2.66. The second-order valence-electron chi connectivity index (χ2n) is 4.90. The van der Waals surface area contributed by atoms with Gasteiger partial charge in [-0.1, -0.05) is 12.1 Å². The monoisotopic (exact) mass is 346 g/mol. The Labute approximate surface area is 136 Å². The van der Waals surface area contributed by atoms with E-state index in [1.54, 1.807) is 6.92 Å². The van der Waals surface area contributed by atoms with Gasteiger partial charge in [0.05, 0.1) is 25.0 Å². The second kappa shape index (κ2) is 8.32. The number of carbonyl (C=O) groups excluding carboxylic acids is 3. The molecule has 1 aromatic carbocycles. The van der Waals surface area contributed by atoms with Crippen molar-refractivity contribution in [3.8, 4) is 0 Å². The molecule has 6 nitrogen and oxygen atoms in total. The Morgan fingerprint density at radius 2 is 1.79 bits per heavy atom. The zero-order valence-electron chi connectivity index (χ0n) is 12.9. The molecule has 1 aromatic rings. The molecule has 0 aliphatic heterocycles. The Hall–Kier alpha value is -2.58. The van der Waals surface area contributed by atoms with Crippen LogP contribution in [0.4, 0.5) is 13.2 Å². The van der Waals surface area contributed by atoms with Crippen molar-refractivity contribution in [3.63, 3.8) is 0 Å². The normalized spacial score (nSPS) is 12.3. The van der Waals surface area contributed by atoms with Gasteiger partial charge in [0.15, 0.2) is 0 Å². The van der Waals surface area contributed by atoms with Gasteiger partial charge >= 0.3 is 12.1 Å². The number of hydrogen-bond acceptors (Lipinski definition) is 4. The highest BCUT2D eigenvalue weighted by Gasteiger charge is 2.30. The van der Waals surface area contributed by atoms with Crippen molar-refractivity contribution in [1.82, 2.24) is 5.32 Å². The van der Waals surface area contributed by atoms with E-state index in [4.69, 9.17) is 5.73 Å². The number of amides is 2. The van der Waals surface area contributed by atoms with Crippen LogP contribution in [-0.4, -0.2) is 30.4 Å². The molecule has 0 fully saturated rings. The number of nitrogens with one attached hydrogen (secondary N) is 1. The van der Waals surface area contributed by atoms with Crippen molar-refractivity contribution in [1.29, 1.82) is 0 Å². The van der Waals surface area contributed by atoms with Gasteiger partial charge in [-0.05, 0) is 24.6 Å². The van der Waals surface area contributed by atoms with E-state index in [1.165, 1.54) is 0 Å². The number of halogens is 3. The molecule has 24 heavy (non-hydrogen) atoms. The lowest BCUT2D eigenvalue weighted by molar-refractivity contribution is -0.145. The number of primary amides is 1. The molecule has 132 valence electrons. The Bertz CT molecular complexity index is 600. The van der Waals surface area contributed by atoms with Crippen molar-refractivity contribution in [2.75, 3.05) is 6.61 Å². The van der Waals surface area contributed by atoms with Crippen molar-refractivity contribution >= 4 is 17.8 Å². The number of hydrogen-bond donors (Lipinski definition) is 2. The first-order valence-electron chi connectivity index (χ1n) is 7.04. The van der Waals surface area contributed by atoms with E-state index in [2.05, 4.69) is 10.1 Å². The van der Waals surface area contributed by atoms with Crippen LogP contribution in [0.5, 0.6) is 0 Å². The van der Waals surface area contributed by atoms with Gasteiger partial charge in [-0.15, -0.1) is 0 Å². The molecule has 0 spiro atoms. The summed E-state index contributed by atoms with van der Waals surface area (Å²) in [4.78, 5) is 34.5. The molecule has 0 saturated heterocycles. The maximum Gasteiger partial charge on any atom is 0.416 e. The van der Waals surface area contributed by atoms with Gasteiger partial charge in [0.2, 0.25) is 11.8 Å². The first kappa shape index (κ1) is 19.5. The van der Waals surface area contributed by atoms with Crippen LogP contribution in [0, 0.1) is 0 Å². The second-order valence-corrected chi connectivity index (χ2v) is 4.90. The molecule has 1 atom stereocenters. The van der Waals surface area contributed by atoms with Gasteiger partial charge in [0, 0.05) is 0 Å². The lowest BCUT2D eigenvalue weighted by atomic mass is 10.1. The molecule has 0 unspecified atom stereocenters. The molecule has 9 heteroatoms. The molecule has 0 aliphatic carbocycles. The molecule has 0 heterocycles. The Kier molecular flexibility index (Phi) is 6.75. The molecule has 2 amide bonds. The van der Waals surface area contributed by atoms with E-state index in [1.807, 2.05) is 0 Å². The SMILES string of the molecule is CCOC(=O)C[C@H](NC(=O)Cc1ccc(C(F)(F)F)cc1)C(N)=O. The summed E-state index contributed by atoms with van der Waals surface area (Å²) in [7, 11) is 0. The van der Waals surface area contributed by atoms with Gasteiger partial charge in [0.1, 0.15) is 6.04 Å². The van der Waals surface area contributed by atoms with Crippen LogP contribution in [0.3, 0.4) is 0 Å². The number of rotatable bonds is 7. The van der Waals surface area contributed by atoms with Crippen LogP contribution in [0.2, 0.25) is 0 Å². The zero-order chi connectivity index (χ0) is 18.3. The van der Waals surface area contributed by atoms with E-state index in [9.17, 15) is 27.6 Å². The number of carbonyl (C=O) groups is 3. The number of esters is 1. The number of benzene rings is 1. The predicted molar refractivity (Wildman–Crippen MR) is 77.5 cm³/mol. The van der Waals surface area contributed by atoms with Gasteiger partial charge in [-0.3, -0.25) is 14.4 Å². The molecular weight excluding hydrogens is 329 g/mol. The number of ether oxygens (including phenoxy) is 1. The highest BCUT2D eigenvalue weighted by molar-refractivity contribution is 5.90. The summed E-state index contributed by atoms with van der Waals surface area (Å²) < 4.78 is 42.0. The summed E-state index contributed by atoms with van der Waals surface area (Å²) in [6.07, 6.45) is -5.13. The van der Waals surface area contributed by atoms with Gasteiger partial charge < -0.3 is 15.8 Å². The Morgan fingerprint density at radius 3 is 2.25 bits per heavy atom. The first-order chi connectivity index (χ1) is 11.1. The molecular formula is C15H17F3N2O4. The molecule has 3 N–H and O–H groups in total. The molecule has 0 aliphatic rings. The highest BCUT2D eigenvalue weighted by atomic mass is 19.4. The van der Waals surface area contributed by atoms with Crippen molar-refractivity contribution in [2.24, 2.45) is 5.73 Å². The molecule has 1 rings (SSSR count). The minimum atomic E-state index is -4.46. The standard InChI is InChI=1S/C15H17F3N2O4/c1-2-24-13(22)8-11(14(19)23)20-12(21)7-9-3-5-10(6-4-9)15(16,17)18/h3-6,11H,2,7-8H2,1H3,(H2,19,23)(H,20,21)/t11-/m0/s1.